The van der Waals surface area contributed by atoms with E-state index in [1.165, 1.54) is 24.3 Å². The Morgan fingerprint density at radius 1 is 1.21 bits per heavy atom. The molecule has 1 aromatic carbocycles. The third-order valence-electron chi connectivity index (χ3n) is 2.43. The van der Waals surface area contributed by atoms with E-state index in [1.54, 1.807) is 0 Å². The van der Waals surface area contributed by atoms with Gasteiger partial charge in [-0.1, -0.05) is 23.7 Å². The maximum Gasteiger partial charge on any atom is 0.431 e. The van der Waals surface area contributed by atoms with Crippen molar-refractivity contribution in [1.29, 1.82) is 0 Å². The van der Waals surface area contributed by atoms with Gasteiger partial charge in [0.25, 0.3) is 5.69 Å². The number of nitro groups is 1. The summed E-state index contributed by atoms with van der Waals surface area (Å²) < 4.78 is 37.6. The third-order valence-corrected chi connectivity index (χ3v) is 2.68. The van der Waals surface area contributed by atoms with Gasteiger partial charge in [-0.3, -0.25) is 10.1 Å². The number of aromatic nitrogens is 1. The lowest BCUT2D eigenvalue weighted by molar-refractivity contribution is -0.384. The zero-order valence-electron chi connectivity index (χ0n) is 9.16. The second-order valence-corrected chi connectivity index (χ2v) is 4.14. The standard InChI is InChI=1S/C11H6ClF3N2O2/c12-7-3-1-6(2-4-7)10-8(17(18)19)5-9(16-10)11(13,14)15/h1-5,16H. The number of nitrogens with one attached hydrogen (secondary N) is 1. The summed E-state index contributed by atoms with van der Waals surface area (Å²) in [4.78, 5) is 12.0. The smallest absolute Gasteiger partial charge is 0.345 e. The molecule has 1 N–H and O–H groups in total. The molecule has 0 fully saturated rings. The van der Waals surface area contributed by atoms with Gasteiger partial charge in [-0.25, -0.2) is 0 Å². The first-order chi connectivity index (χ1) is 8.79. The second kappa shape index (κ2) is 4.58. The zero-order valence-corrected chi connectivity index (χ0v) is 9.92. The molecule has 0 spiro atoms. The summed E-state index contributed by atoms with van der Waals surface area (Å²) in [5.41, 5.74) is -1.74. The lowest BCUT2D eigenvalue weighted by Crippen LogP contribution is -2.04. The molecule has 19 heavy (non-hydrogen) atoms. The van der Waals surface area contributed by atoms with E-state index < -0.39 is 22.5 Å². The second-order valence-electron chi connectivity index (χ2n) is 3.71. The summed E-state index contributed by atoms with van der Waals surface area (Å²) in [6.45, 7) is 0. The van der Waals surface area contributed by atoms with Crippen LogP contribution in [-0.2, 0) is 6.18 Å². The summed E-state index contributed by atoms with van der Waals surface area (Å²) in [5.74, 6) is 0. The Morgan fingerprint density at radius 3 is 2.26 bits per heavy atom. The fraction of sp³-hybridized carbons (Fsp3) is 0.0909. The SMILES string of the molecule is O=[N+]([O-])c1cc(C(F)(F)F)[nH]c1-c1ccc(Cl)cc1. The highest BCUT2D eigenvalue weighted by molar-refractivity contribution is 6.30. The van der Waals surface area contributed by atoms with E-state index in [4.69, 9.17) is 11.6 Å². The maximum absolute atomic E-state index is 12.5. The van der Waals surface area contributed by atoms with Crippen LogP contribution in [0.2, 0.25) is 5.02 Å². The maximum atomic E-state index is 12.5. The van der Waals surface area contributed by atoms with Gasteiger partial charge in [0.05, 0.1) is 4.92 Å². The van der Waals surface area contributed by atoms with Crippen molar-refractivity contribution in [2.45, 2.75) is 6.18 Å². The summed E-state index contributed by atoms with van der Waals surface area (Å²) in [5, 5.41) is 11.2. The Labute approximate surface area is 110 Å². The Balaban J connectivity index is 2.58. The lowest BCUT2D eigenvalue weighted by Gasteiger charge is -2.02. The monoisotopic (exact) mass is 290 g/mol. The average molecular weight is 291 g/mol. The van der Waals surface area contributed by atoms with Gasteiger partial charge in [-0.2, -0.15) is 13.2 Å². The van der Waals surface area contributed by atoms with Gasteiger partial charge in [0.2, 0.25) is 0 Å². The molecule has 0 aliphatic rings. The quantitative estimate of drug-likeness (QED) is 0.663. The Morgan fingerprint density at radius 2 is 1.79 bits per heavy atom. The van der Waals surface area contributed by atoms with Crippen molar-refractivity contribution in [3.05, 3.63) is 51.2 Å². The fourth-order valence-electron chi connectivity index (χ4n) is 1.58. The minimum absolute atomic E-state index is 0.200. The van der Waals surface area contributed by atoms with Crippen LogP contribution < -0.4 is 0 Å². The van der Waals surface area contributed by atoms with Crippen LogP contribution in [0, 0.1) is 10.1 Å². The van der Waals surface area contributed by atoms with Crippen molar-refractivity contribution in [2.24, 2.45) is 0 Å². The molecule has 0 aliphatic heterocycles. The molecule has 0 aliphatic carbocycles. The van der Waals surface area contributed by atoms with Crippen LogP contribution in [0.5, 0.6) is 0 Å². The Bertz CT molecular complexity index is 620. The molecule has 2 aromatic rings. The minimum atomic E-state index is -4.67. The van der Waals surface area contributed by atoms with Crippen LogP contribution in [0.25, 0.3) is 11.3 Å². The molecule has 2 rings (SSSR count). The van der Waals surface area contributed by atoms with Crippen molar-refractivity contribution in [2.75, 3.05) is 0 Å². The van der Waals surface area contributed by atoms with Crippen molar-refractivity contribution >= 4 is 17.3 Å². The van der Waals surface area contributed by atoms with E-state index in [0.29, 0.717) is 11.1 Å². The van der Waals surface area contributed by atoms with Crippen LogP contribution >= 0.6 is 11.6 Å². The number of aromatic amines is 1. The normalized spacial score (nSPS) is 11.6. The highest BCUT2D eigenvalue weighted by Gasteiger charge is 2.36. The van der Waals surface area contributed by atoms with Gasteiger partial charge >= 0.3 is 6.18 Å². The summed E-state index contributed by atoms with van der Waals surface area (Å²) in [6, 6.07) is 6.16. The topological polar surface area (TPSA) is 58.9 Å². The molecule has 0 radical (unpaired) electrons. The molecule has 1 heterocycles. The van der Waals surface area contributed by atoms with Gasteiger partial charge < -0.3 is 4.98 Å². The molecule has 0 atom stereocenters. The first-order valence-corrected chi connectivity index (χ1v) is 5.37. The summed E-state index contributed by atoms with van der Waals surface area (Å²) in [7, 11) is 0. The molecule has 0 unspecified atom stereocenters. The van der Waals surface area contributed by atoms with Crippen LogP contribution in [0.3, 0.4) is 0 Å². The first-order valence-electron chi connectivity index (χ1n) is 4.99. The van der Waals surface area contributed by atoms with Crippen molar-refractivity contribution in [1.82, 2.24) is 4.98 Å². The van der Waals surface area contributed by atoms with E-state index in [-0.39, 0.29) is 11.3 Å². The van der Waals surface area contributed by atoms with Crippen LogP contribution in [0.15, 0.2) is 30.3 Å². The molecule has 0 bridgehead atoms. The van der Waals surface area contributed by atoms with Crippen molar-refractivity contribution < 1.29 is 18.1 Å². The number of alkyl halides is 3. The number of hydrogen-bond acceptors (Lipinski definition) is 2. The molecule has 0 saturated heterocycles. The molecule has 100 valence electrons. The molecule has 0 saturated carbocycles. The van der Waals surface area contributed by atoms with Gasteiger partial charge in [-0.15, -0.1) is 0 Å². The number of H-pyrrole nitrogens is 1. The Kier molecular flexibility index (Phi) is 3.23. The lowest BCUT2D eigenvalue weighted by atomic mass is 10.1. The molecular formula is C11H6ClF3N2O2. The first kappa shape index (κ1) is 13.4. The van der Waals surface area contributed by atoms with Gasteiger partial charge in [0, 0.05) is 16.7 Å². The fourth-order valence-corrected chi connectivity index (χ4v) is 1.70. The molecule has 4 nitrogen and oxygen atoms in total. The highest BCUT2D eigenvalue weighted by atomic mass is 35.5. The number of nitrogens with zero attached hydrogens (tertiary/aromatic N) is 1. The zero-order chi connectivity index (χ0) is 14.2. The van der Waals surface area contributed by atoms with Crippen LogP contribution in [0.1, 0.15) is 5.69 Å². The van der Waals surface area contributed by atoms with Gasteiger partial charge in [-0.05, 0) is 12.1 Å². The van der Waals surface area contributed by atoms with E-state index in [9.17, 15) is 23.3 Å². The largest absolute Gasteiger partial charge is 0.431 e. The Hall–Kier alpha value is -2.02. The number of halogens is 4. The van der Waals surface area contributed by atoms with E-state index in [0.717, 1.165) is 0 Å². The molecule has 8 heteroatoms. The van der Waals surface area contributed by atoms with E-state index >= 15 is 0 Å². The predicted octanol–water partition coefficient (Wildman–Crippen LogP) is 4.26. The van der Waals surface area contributed by atoms with Gasteiger partial charge in [0.1, 0.15) is 11.4 Å². The van der Waals surface area contributed by atoms with Crippen molar-refractivity contribution in [3.8, 4) is 11.3 Å². The highest BCUT2D eigenvalue weighted by Crippen LogP contribution is 2.37. The van der Waals surface area contributed by atoms with E-state index in [2.05, 4.69) is 0 Å². The molecular weight excluding hydrogens is 285 g/mol. The minimum Gasteiger partial charge on any atom is -0.345 e. The average Bonchev–Trinajstić information content (AvgIpc) is 2.74. The number of hydrogen-bond donors (Lipinski definition) is 1. The van der Waals surface area contributed by atoms with Crippen LogP contribution in [0.4, 0.5) is 18.9 Å². The van der Waals surface area contributed by atoms with Crippen LogP contribution in [-0.4, -0.2) is 9.91 Å². The predicted molar refractivity (Wildman–Crippen MR) is 62.9 cm³/mol. The van der Waals surface area contributed by atoms with E-state index in [1.807, 2.05) is 4.98 Å². The molecule has 0 amide bonds. The number of benzene rings is 1. The third kappa shape index (κ3) is 2.70. The summed E-state index contributed by atoms with van der Waals surface area (Å²) >= 11 is 5.66. The summed E-state index contributed by atoms with van der Waals surface area (Å²) in [6.07, 6.45) is -4.67. The number of rotatable bonds is 2. The van der Waals surface area contributed by atoms with Crippen molar-refractivity contribution in [3.63, 3.8) is 0 Å². The van der Waals surface area contributed by atoms with Gasteiger partial charge in [0.15, 0.2) is 0 Å². The molecule has 1 aromatic heterocycles.